The summed E-state index contributed by atoms with van der Waals surface area (Å²) in [6.45, 7) is 5.10. The van der Waals surface area contributed by atoms with Crippen LogP contribution in [0.4, 0.5) is 0 Å². The van der Waals surface area contributed by atoms with Gasteiger partial charge in [0.2, 0.25) is 0 Å². The largest absolute Gasteiger partial charge is 0.308 e. The van der Waals surface area contributed by atoms with Crippen LogP contribution in [0, 0.1) is 0 Å². The molecule has 0 amide bonds. The van der Waals surface area contributed by atoms with E-state index in [4.69, 9.17) is 0 Å². The first-order valence-corrected chi connectivity index (χ1v) is 7.41. The zero-order valence-corrected chi connectivity index (χ0v) is 12.8. The third kappa shape index (κ3) is 3.07. The lowest BCUT2D eigenvalue weighted by Crippen LogP contribution is -2.33. The average molecular weight is 296 g/mol. The fourth-order valence-corrected chi connectivity index (χ4v) is 2.41. The van der Waals surface area contributed by atoms with Gasteiger partial charge in [-0.25, -0.2) is 9.67 Å². The highest BCUT2D eigenvalue weighted by molar-refractivity contribution is 5.39. The molecule has 0 bridgehead atoms. The predicted molar refractivity (Wildman–Crippen MR) is 84.6 cm³/mol. The third-order valence-electron chi connectivity index (χ3n) is 3.94. The van der Waals surface area contributed by atoms with E-state index in [-0.39, 0.29) is 6.04 Å². The third-order valence-corrected chi connectivity index (χ3v) is 3.94. The number of nitrogens with zero attached hydrogens (tertiary/aromatic N) is 5. The van der Waals surface area contributed by atoms with Gasteiger partial charge in [0.25, 0.3) is 0 Å². The summed E-state index contributed by atoms with van der Waals surface area (Å²) < 4.78 is 3.76. The molecule has 0 radical (unpaired) electrons. The molecular formula is C16H20N6. The Hall–Kier alpha value is -2.47. The molecule has 0 fully saturated rings. The van der Waals surface area contributed by atoms with Crippen molar-refractivity contribution in [3.8, 4) is 5.69 Å². The van der Waals surface area contributed by atoms with E-state index in [1.54, 1.807) is 17.3 Å². The minimum Gasteiger partial charge on any atom is -0.308 e. The molecule has 22 heavy (non-hydrogen) atoms. The normalized spacial score (nSPS) is 13.9. The van der Waals surface area contributed by atoms with Crippen LogP contribution in [-0.4, -0.2) is 30.6 Å². The van der Waals surface area contributed by atoms with Crippen LogP contribution in [0.25, 0.3) is 5.69 Å². The van der Waals surface area contributed by atoms with Crippen molar-refractivity contribution in [2.24, 2.45) is 0 Å². The average Bonchev–Trinajstić information content (AvgIpc) is 3.25. The van der Waals surface area contributed by atoms with Gasteiger partial charge in [-0.15, -0.1) is 0 Å². The van der Waals surface area contributed by atoms with Gasteiger partial charge in [0.05, 0.1) is 11.7 Å². The van der Waals surface area contributed by atoms with Gasteiger partial charge in [-0.2, -0.15) is 10.2 Å². The lowest BCUT2D eigenvalue weighted by molar-refractivity contribution is 0.365. The molecule has 114 valence electrons. The van der Waals surface area contributed by atoms with Gasteiger partial charge in [0.1, 0.15) is 12.7 Å². The number of nitrogens with one attached hydrogen (secondary N) is 1. The van der Waals surface area contributed by atoms with E-state index < -0.39 is 0 Å². The molecule has 1 aromatic carbocycles. The van der Waals surface area contributed by atoms with Gasteiger partial charge >= 0.3 is 0 Å². The molecule has 2 aromatic heterocycles. The molecule has 0 aliphatic heterocycles. The van der Waals surface area contributed by atoms with Gasteiger partial charge in [-0.05, 0) is 31.5 Å². The van der Waals surface area contributed by atoms with Gasteiger partial charge in [0.15, 0.2) is 0 Å². The van der Waals surface area contributed by atoms with Crippen LogP contribution in [0.2, 0.25) is 0 Å². The minimum atomic E-state index is 0.286. The van der Waals surface area contributed by atoms with Crippen LogP contribution >= 0.6 is 0 Å². The van der Waals surface area contributed by atoms with Crippen LogP contribution in [0.1, 0.15) is 25.5 Å². The maximum absolute atomic E-state index is 4.30. The monoisotopic (exact) mass is 296 g/mol. The summed E-state index contributed by atoms with van der Waals surface area (Å²) in [5, 5.41) is 12.1. The number of para-hydroxylation sites is 1. The summed E-state index contributed by atoms with van der Waals surface area (Å²) in [6, 6.07) is 10.7. The van der Waals surface area contributed by atoms with Crippen molar-refractivity contribution in [3.63, 3.8) is 0 Å². The van der Waals surface area contributed by atoms with Crippen molar-refractivity contribution in [3.05, 3.63) is 60.9 Å². The topological polar surface area (TPSA) is 60.6 Å². The number of hydrogen-bond acceptors (Lipinski definition) is 4. The zero-order valence-electron chi connectivity index (χ0n) is 12.8. The van der Waals surface area contributed by atoms with Crippen LogP contribution in [0.15, 0.2) is 55.4 Å². The van der Waals surface area contributed by atoms with E-state index in [9.17, 15) is 0 Å². The Bertz CT molecular complexity index is 689. The number of aromatic nitrogens is 5. The minimum absolute atomic E-state index is 0.286. The van der Waals surface area contributed by atoms with Crippen LogP contribution in [-0.2, 0) is 6.54 Å². The first-order valence-electron chi connectivity index (χ1n) is 7.41. The Morgan fingerprint density at radius 1 is 1.14 bits per heavy atom. The molecule has 0 aliphatic rings. The molecule has 2 atom stereocenters. The van der Waals surface area contributed by atoms with Crippen molar-refractivity contribution in [2.45, 2.75) is 32.5 Å². The molecular weight excluding hydrogens is 276 g/mol. The highest BCUT2D eigenvalue weighted by Gasteiger charge is 2.14. The molecule has 0 saturated carbocycles. The van der Waals surface area contributed by atoms with Gasteiger partial charge < -0.3 is 5.32 Å². The van der Waals surface area contributed by atoms with E-state index in [0.717, 1.165) is 12.2 Å². The van der Waals surface area contributed by atoms with Crippen molar-refractivity contribution < 1.29 is 0 Å². The maximum Gasteiger partial charge on any atom is 0.138 e. The second kappa shape index (κ2) is 6.53. The molecule has 3 aromatic rings. The lowest BCUT2D eigenvalue weighted by atomic mass is 10.1. The number of hydrogen-bond donors (Lipinski definition) is 1. The standard InChI is InChI=1S/C16H20N6/c1-13(14(2)21-9-5-8-19-21)18-10-15-6-3-4-7-16(15)22-12-17-11-20-22/h3-9,11-14,18H,10H2,1-2H3/t13-,14-/m0/s1. The number of benzene rings is 1. The summed E-state index contributed by atoms with van der Waals surface area (Å²) in [6.07, 6.45) is 7.07. The fraction of sp³-hybridized carbons (Fsp3) is 0.312. The van der Waals surface area contributed by atoms with Crippen molar-refractivity contribution in [1.82, 2.24) is 29.9 Å². The fourth-order valence-electron chi connectivity index (χ4n) is 2.41. The van der Waals surface area contributed by atoms with Crippen LogP contribution in [0.5, 0.6) is 0 Å². The van der Waals surface area contributed by atoms with E-state index in [1.165, 1.54) is 5.56 Å². The Labute approximate surface area is 129 Å². The highest BCUT2D eigenvalue weighted by atomic mass is 15.3. The molecule has 6 nitrogen and oxygen atoms in total. The summed E-state index contributed by atoms with van der Waals surface area (Å²) in [5.74, 6) is 0. The molecule has 0 aliphatic carbocycles. The number of rotatable bonds is 6. The molecule has 0 spiro atoms. The van der Waals surface area contributed by atoms with Gasteiger partial charge in [-0.1, -0.05) is 18.2 Å². The van der Waals surface area contributed by atoms with Crippen molar-refractivity contribution >= 4 is 0 Å². The van der Waals surface area contributed by atoms with Crippen molar-refractivity contribution in [1.29, 1.82) is 0 Å². The molecule has 2 heterocycles. The van der Waals surface area contributed by atoms with Crippen molar-refractivity contribution in [2.75, 3.05) is 0 Å². The predicted octanol–water partition coefficient (Wildman–Crippen LogP) is 2.20. The Morgan fingerprint density at radius 3 is 2.73 bits per heavy atom. The molecule has 0 saturated heterocycles. The molecule has 6 heteroatoms. The molecule has 3 rings (SSSR count). The second-order valence-electron chi connectivity index (χ2n) is 5.37. The highest BCUT2D eigenvalue weighted by Crippen LogP contribution is 2.15. The maximum atomic E-state index is 4.30. The first-order chi connectivity index (χ1) is 10.8. The van der Waals surface area contributed by atoms with E-state index in [0.29, 0.717) is 6.04 Å². The van der Waals surface area contributed by atoms with Crippen LogP contribution < -0.4 is 5.32 Å². The summed E-state index contributed by atoms with van der Waals surface area (Å²) >= 11 is 0. The Balaban J connectivity index is 1.69. The lowest BCUT2D eigenvalue weighted by Gasteiger charge is -2.22. The SMILES string of the molecule is C[C@H](NCc1ccccc1-n1cncn1)[C@H](C)n1cccn1. The summed E-state index contributed by atoms with van der Waals surface area (Å²) in [4.78, 5) is 4.02. The first kappa shape index (κ1) is 14.5. The van der Waals surface area contributed by atoms with Gasteiger partial charge in [-0.3, -0.25) is 4.68 Å². The summed E-state index contributed by atoms with van der Waals surface area (Å²) in [7, 11) is 0. The summed E-state index contributed by atoms with van der Waals surface area (Å²) in [5.41, 5.74) is 2.24. The van der Waals surface area contributed by atoms with E-state index >= 15 is 0 Å². The van der Waals surface area contributed by atoms with Crippen LogP contribution in [0.3, 0.4) is 0 Å². The second-order valence-corrected chi connectivity index (χ2v) is 5.37. The smallest absolute Gasteiger partial charge is 0.138 e. The zero-order chi connectivity index (χ0) is 15.4. The van der Waals surface area contributed by atoms with E-state index in [2.05, 4.69) is 40.4 Å². The Morgan fingerprint density at radius 2 is 2.00 bits per heavy atom. The Kier molecular flexibility index (Phi) is 4.29. The van der Waals surface area contributed by atoms with Gasteiger partial charge in [0, 0.05) is 25.0 Å². The quantitative estimate of drug-likeness (QED) is 0.757. The van der Waals surface area contributed by atoms with E-state index in [1.807, 2.05) is 41.3 Å². The molecule has 0 unspecified atom stereocenters. The molecule has 1 N–H and O–H groups in total.